The third-order valence-corrected chi connectivity index (χ3v) is 5.25. The highest BCUT2D eigenvalue weighted by molar-refractivity contribution is 7.91. The maximum absolute atomic E-state index is 12.2. The molecule has 2 heterocycles. The Morgan fingerprint density at radius 2 is 2.31 bits per heavy atom. The number of likely N-dealkylation sites (tertiary alicyclic amines) is 1. The fraction of sp³-hybridized carbons (Fsp3) is 0.500. The van der Waals surface area contributed by atoms with E-state index < -0.39 is 10.2 Å². The molecule has 10 heteroatoms. The number of nitrogens with two attached hydrogens (primary N) is 1. The minimum absolute atomic E-state index is 0.0406. The molecule has 2 amide bonds. The smallest absolute Gasteiger partial charge is 0.344 e. The molecule has 0 unspecified atom stereocenters. The molecule has 4 N–H and O–H groups in total. The Bertz CT molecular complexity index is 824. The fourth-order valence-electron chi connectivity index (χ4n) is 3.13. The van der Waals surface area contributed by atoms with E-state index in [4.69, 9.17) is 10.5 Å². The second kappa shape index (κ2) is 7.40. The Labute approximate surface area is 152 Å². The Morgan fingerprint density at radius 3 is 3.08 bits per heavy atom. The van der Waals surface area contributed by atoms with Crippen molar-refractivity contribution in [3.63, 3.8) is 0 Å². The number of anilines is 1. The van der Waals surface area contributed by atoms with Crippen LogP contribution in [0.4, 0.5) is 10.5 Å². The lowest BCUT2D eigenvalue weighted by Gasteiger charge is -2.26. The largest absolute Gasteiger partial charge is 0.491 e. The first-order chi connectivity index (χ1) is 12.4. The summed E-state index contributed by atoms with van der Waals surface area (Å²) in [6.45, 7) is 3.64. The van der Waals surface area contributed by atoms with Crippen molar-refractivity contribution in [3.05, 3.63) is 23.8 Å². The first kappa shape index (κ1) is 18.3. The molecule has 1 fully saturated rings. The summed E-state index contributed by atoms with van der Waals surface area (Å²) >= 11 is 0. The summed E-state index contributed by atoms with van der Waals surface area (Å²) in [6, 6.07) is 4.86. The Morgan fingerprint density at radius 1 is 1.50 bits per heavy atom. The van der Waals surface area contributed by atoms with Gasteiger partial charge in [-0.2, -0.15) is 8.42 Å². The number of carbonyl (C=O) groups is 1. The third kappa shape index (κ3) is 3.85. The van der Waals surface area contributed by atoms with E-state index in [1.807, 2.05) is 6.92 Å². The number of nitrogens with zero attached hydrogens (tertiary/aromatic N) is 2. The highest BCUT2D eigenvalue weighted by atomic mass is 32.2. The predicted octanol–water partition coefficient (Wildman–Crippen LogP) is 1.02. The molecule has 2 aliphatic rings. The van der Waals surface area contributed by atoms with Crippen molar-refractivity contribution in [3.8, 4) is 5.75 Å². The minimum atomic E-state index is -3.83. The van der Waals surface area contributed by atoms with Crippen LogP contribution in [-0.2, 0) is 10.2 Å². The summed E-state index contributed by atoms with van der Waals surface area (Å²) in [5.74, 6) is 0.324. The molecular formula is C16H23N5O4S. The normalized spacial score (nSPS) is 20.7. The second-order valence-corrected chi connectivity index (χ2v) is 7.60. The van der Waals surface area contributed by atoms with Gasteiger partial charge in [-0.05, 0) is 31.4 Å². The van der Waals surface area contributed by atoms with Gasteiger partial charge in [-0.25, -0.2) is 4.79 Å². The highest BCUT2D eigenvalue weighted by Gasteiger charge is 2.30. The van der Waals surface area contributed by atoms with Gasteiger partial charge < -0.3 is 20.7 Å². The number of fused-ring (bicyclic) bond motifs is 1. The average molecular weight is 381 g/mol. The summed E-state index contributed by atoms with van der Waals surface area (Å²) in [4.78, 5) is 14.0. The Kier molecular flexibility index (Phi) is 5.21. The number of rotatable bonds is 5. The first-order valence-electron chi connectivity index (χ1n) is 8.60. The van der Waals surface area contributed by atoms with E-state index in [0.717, 1.165) is 19.3 Å². The van der Waals surface area contributed by atoms with Gasteiger partial charge in [0.2, 0.25) is 0 Å². The van der Waals surface area contributed by atoms with Crippen molar-refractivity contribution in [1.82, 2.24) is 10.2 Å². The lowest BCUT2D eigenvalue weighted by Crippen LogP contribution is -2.45. The van der Waals surface area contributed by atoms with Crippen LogP contribution in [0.5, 0.6) is 5.75 Å². The van der Waals surface area contributed by atoms with Crippen LogP contribution in [0.15, 0.2) is 22.6 Å². The highest BCUT2D eigenvalue weighted by Crippen LogP contribution is 2.31. The zero-order chi connectivity index (χ0) is 18.7. The van der Waals surface area contributed by atoms with Crippen LogP contribution in [0, 0.1) is 0 Å². The van der Waals surface area contributed by atoms with Crippen molar-refractivity contribution in [2.75, 3.05) is 24.4 Å². The molecule has 1 aromatic rings. The molecule has 0 aliphatic carbocycles. The number of benzene rings is 1. The van der Waals surface area contributed by atoms with E-state index in [1.54, 1.807) is 23.1 Å². The number of ether oxygens (including phenoxy) is 1. The molecule has 0 bridgehead atoms. The Hall–Kier alpha value is -2.49. The van der Waals surface area contributed by atoms with E-state index in [-0.39, 0.29) is 17.9 Å². The van der Waals surface area contributed by atoms with Crippen LogP contribution < -0.4 is 20.5 Å². The van der Waals surface area contributed by atoms with Gasteiger partial charge in [0.25, 0.3) is 0 Å². The average Bonchev–Trinajstić information content (AvgIpc) is 3.05. The van der Waals surface area contributed by atoms with Crippen LogP contribution in [0.1, 0.15) is 31.7 Å². The summed E-state index contributed by atoms with van der Waals surface area (Å²) < 4.78 is 35.0. The van der Waals surface area contributed by atoms with E-state index in [0.29, 0.717) is 36.7 Å². The zero-order valence-corrected chi connectivity index (χ0v) is 15.4. The van der Waals surface area contributed by atoms with Crippen LogP contribution in [-0.4, -0.2) is 50.9 Å². The van der Waals surface area contributed by atoms with E-state index in [2.05, 4.69) is 14.4 Å². The first-order valence-corrected chi connectivity index (χ1v) is 10.0. The molecule has 0 aromatic heterocycles. The number of amidine groups is 1. The van der Waals surface area contributed by atoms with E-state index in [1.165, 1.54) is 0 Å². The van der Waals surface area contributed by atoms with Crippen molar-refractivity contribution in [2.45, 2.75) is 32.2 Å². The summed E-state index contributed by atoms with van der Waals surface area (Å²) in [5, 5.41) is 2.88. The molecule has 1 atom stereocenters. The number of hydrogen-bond acceptors (Lipinski definition) is 5. The van der Waals surface area contributed by atoms with Crippen LogP contribution >= 0.6 is 0 Å². The van der Waals surface area contributed by atoms with Crippen molar-refractivity contribution in [1.29, 1.82) is 0 Å². The zero-order valence-electron chi connectivity index (χ0n) is 14.6. The topological polar surface area (TPSA) is 126 Å². The molecular weight excluding hydrogens is 358 g/mol. The molecule has 2 aliphatic heterocycles. The van der Waals surface area contributed by atoms with Gasteiger partial charge in [0, 0.05) is 13.1 Å². The minimum Gasteiger partial charge on any atom is -0.491 e. The molecule has 142 valence electrons. The predicted molar refractivity (Wildman–Crippen MR) is 98.6 cm³/mol. The van der Waals surface area contributed by atoms with Gasteiger partial charge in [-0.15, -0.1) is 4.40 Å². The van der Waals surface area contributed by atoms with Gasteiger partial charge in [0.1, 0.15) is 12.4 Å². The molecule has 0 radical (unpaired) electrons. The maximum atomic E-state index is 12.2. The lowest BCUT2D eigenvalue weighted by molar-refractivity contribution is 0.165. The maximum Gasteiger partial charge on any atom is 0.344 e. The Balaban J connectivity index is 1.72. The van der Waals surface area contributed by atoms with E-state index >= 15 is 0 Å². The number of hydrogen-bond donors (Lipinski definition) is 3. The van der Waals surface area contributed by atoms with Crippen molar-refractivity contribution >= 4 is 27.8 Å². The number of urea groups is 1. The lowest BCUT2D eigenvalue weighted by atomic mass is 10.1. The third-order valence-electron chi connectivity index (χ3n) is 4.34. The summed E-state index contributed by atoms with van der Waals surface area (Å²) in [7, 11) is -3.83. The van der Waals surface area contributed by atoms with Gasteiger partial charge in [0.05, 0.1) is 17.3 Å². The van der Waals surface area contributed by atoms with Gasteiger partial charge in [0.15, 0.2) is 5.84 Å². The van der Waals surface area contributed by atoms with Gasteiger partial charge in [-0.3, -0.25) is 4.72 Å². The quantitative estimate of drug-likeness (QED) is 0.702. The standard InChI is InChI=1S/C16H23N5O4S/c1-2-8-18-16(22)21-9-4-5-11(21)10-25-13-7-3-6-12-14(13)15(17)20-26(23,24)19-12/h3,6-7,11,19H,2,4-5,8-10H2,1H3,(H2,17,20)(H,18,22)/t11-/m1/s1. The van der Waals surface area contributed by atoms with Crippen molar-refractivity contribution in [2.24, 2.45) is 10.1 Å². The summed E-state index contributed by atoms with van der Waals surface area (Å²) in [6.07, 6.45) is 2.65. The molecule has 0 saturated carbocycles. The van der Waals surface area contributed by atoms with E-state index in [9.17, 15) is 13.2 Å². The van der Waals surface area contributed by atoms with Gasteiger partial charge in [-0.1, -0.05) is 13.0 Å². The van der Waals surface area contributed by atoms with Crippen LogP contribution in [0.3, 0.4) is 0 Å². The number of carbonyl (C=O) groups excluding carboxylic acids is 1. The number of nitrogens with one attached hydrogen (secondary N) is 2. The monoisotopic (exact) mass is 381 g/mol. The number of amides is 2. The summed E-state index contributed by atoms with van der Waals surface area (Å²) in [5.41, 5.74) is 6.56. The molecule has 0 spiro atoms. The SMILES string of the molecule is CCCNC(=O)N1CCC[C@@H]1COc1cccc2c1C(N)=NS(=O)(=O)N2. The van der Waals surface area contributed by atoms with Crippen LogP contribution in [0.2, 0.25) is 0 Å². The molecule has 3 rings (SSSR count). The molecule has 9 nitrogen and oxygen atoms in total. The van der Waals surface area contributed by atoms with Crippen molar-refractivity contribution < 1.29 is 17.9 Å². The molecule has 26 heavy (non-hydrogen) atoms. The van der Waals surface area contributed by atoms with Crippen LogP contribution in [0.25, 0.3) is 0 Å². The molecule has 1 aromatic carbocycles. The fourth-order valence-corrected chi connectivity index (χ4v) is 3.98. The molecule has 1 saturated heterocycles. The second-order valence-electron chi connectivity index (χ2n) is 6.26. The van der Waals surface area contributed by atoms with Gasteiger partial charge >= 0.3 is 16.2 Å².